The molecule has 0 aromatic heterocycles. The van der Waals surface area contributed by atoms with E-state index in [0.29, 0.717) is 0 Å². The average molecular weight is 384 g/mol. The van der Waals surface area contributed by atoms with Crippen molar-refractivity contribution in [2.75, 3.05) is 4.72 Å². The first-order chi connectivity index (χ1) is 10.2. The van der Waals surface area contributed by atoms with Crippen molar-refractivity contribution in [3.05, 3.63) is 52.0 Å². The molecule has 0 atom stereocenters. The fourth-order valence-electron chi connectivity index (χ4n) is 2.11. The first-order valence-electron chi connectivity index (χ1n) is 6.83. The first kappa shape index (κ1) is 16.8. The zero-order chi connectivity index (χ0) is 16.5. The van der Waals surface area contributed by atoms with Gasteiger partial charge < -0.3 is 5.11 Å². The van der Waals surface area contributed by atoms with E-state index in [1.54, 1.807) is 18.2 Å². The average Bonchev–Trinajstić information content (AvgIpc) is 2.43. The lowest BCUT2D eigenvalue weighted by Gasteiger charge is -2.17. The number of para-hydroxylation sites is 2. The monoisotopic (exact) mass is 383 g/mol. The standard InChI is InChI=1S/C16H18BrNO3S/c1-10(2)12-9-13(17)11(3)8-16(12)22(20,21)18-14-6-4-5-7-15(14)19/h4-10,18-19H,1-3H3. The number of benzene rings is 2. The second-order valence-electron chi connectivity index (χ2n) is 5.42. The Morgan fingerprint density at radius 1 is 1.18 bits per heavy atom. The number of hydrogen-bond donors (Lipinski definition) is 2. The second kappa shape index (κ2) is 6.30. The van der Waals surface area contributed by atoms with Crippen LogP contribution in [0.4, 0.5) is 5.69 Å². The summed E-state index contributed by atoms with van der Waals surface area (Å²) in [4.78, 5) is 0.228. The van der Waals surface area contributed by atoms with Crippen LogP contribution in [-0.2, 0) is 10.0 Å². The van der Waals surface area contributed by atoms with Crippen LogP contribution in [0, 0.1) is 6.92 Å². The highest BCUT2D eigenvalue weighted by Crippen LogP contribution is 2.32. The maximum absolute atomic E-state index is 12.7. The molecule has 0 bridgehead atoms. The van der Waals surface area contributed by atoms with E-state index in [1.165, 1.54) is 12.1 Å². The van der Waals surface area contributed by atoms with Crippen molar-refractivity contribution in [1.29, 1.82) is 0 Å². The van der Waals surface area contributed by atoms with Gasteiger partial charge in [0.1, 0.15) is 5.75 Å². The zero-order valence-electron chi connectivity index (χ0n) is 12.6. The van der Waals surface area contributed by atoms with Gasteiger partial charge in [0, 0.05) is 4.47 Å². The third-order valence-electron chi connectivity index (χ3n) is 3.35. The number of sulfonamides is 1. The Hall–Kier alpha value is -1.53. The number of nitrogens with one attached hydrogen (secondary N) is 1. The number of phenolic OH excluding ortho intramolecular Hbond substituents is 1. The van der Waals surface area contributed by atoms with Crippen molar-refractivity contribution in [3.63, 3.8) is 0 Å². The van der Waals surface area contributed by atoms with E-state index >= 15 is 0 Å². The van der Waals surface area contributed by atoms with Crippen molar-refractivity contribution in [2.24, 2.45) is 0 Å². The quantitative estimate of drug-likeness (QED) is 0.769. The van der Waals surface area contributed by atoms with Crippen LogP contribution in [0.3, 0.4) is 0 Å². The third kappa shape index (κ3) is 3.44. The van der Waals surface area contributed by atoms with Crippen LogP contribution in [0.5, 0.6) is 5.75 Å². The summed E-state index contributed by atoms with van der Waals surface area (Å²) in [6.45, 7) is 5.72. The Morgan fingerprint density at radius 2 is 1.82 bits per heavy atom. The van der Waals surface area contributed by atoms with Crippen LogP contribution in [0.1, 0.15) is 30.9 Å². The van der Waals surface area contributed by atoms with E-state index in [9.17, 15) is 13.5 Å². The number of aromatic hydroxyl groups is 1. The van der Waals surface area contributed by atoms with Crippen LogP contribution in [0.25, 0.3) is 0 Å². The minimum atomic E-state index is -3.78. The van der Waals surface area contributed by atoms with Gasteiger partial charge in [-0.25, -0.2) is 8.42 Å². The molecule has 0 fully saturated rings. The molecule has 0 aliphatic rings. The van der Waals surface area contributed by atoms with Gasteiger partial charge in [0.05, 0.1) is 10.6 Å². The van der Waals surface area contributed by atoms with Gasteiger partial charge in [0.25, 0.3) is 10.0 Å². The van der Waals surface area contributed by atoms with Crippen molar-refractivity contribution in [1.82, 2.24) is 0 Å². The molecule has 2 N–H and O–H groups in total. The van der Waals surface area contributed by atoms with Gasteiger partial charge in [-0.15, -0.1) is 0 Å². The van der Waals surface area contributed by atoms with E-state index in [2.05, 4.69) is 20.7 Å². The summed E-state index contributed by atoms with van der Waals surface area (Å²) in [6.07, 6.45) is 0. The molecule has 0 spiro atoms. The number of rotatable bonds is 4. The molecule has 2 rings (SSSR count). The molecule has 6 heteroatoms. The summed E-state index contributed by atoms with van der Waals surface area (Å²) in [7, 11) is -3.78. The van der Waals surface area contributed by atoms with Crippen molar-refractivity contribution >= 4 is 31.6 Å². The zero-order valence-corrected chi connectivity index (χ0v) is 15.0. The number of halogens is 1. The van der Waals surface area contributed by atoms with E-state index < -0.39 is 10.0 Å². The third-order valence-corrected chi connectivity index (χ3v) is 5.63. The second-order valence-corrected chi connectivity index (χ2v) is 7.92. The molecular weight excluding hydrogens is 366 g/mol. The van der Waals surface area contributed by atoms with Gasteiger partial charge >= 0.3 is 0 Å². The summed E-state index contributed by atoms with van der Waals surface area (Å²) in [5.74, 6) is -0.0566. The number of hydrogen-bond acceptors (Lipinski definition) is 3. The molecule has 0 aliphatic heterocycles. The van der Waals surface area contributed by atoms with E-state index in [0.717, 1.165) is 15.6 Å². The Balaban J connectivity index is 2.54. The van der Waals surface area contributed by atoms with Gasteiger partial charge in [-0.3, -0.25) is 4.72 Å². The lowest BCUT2D eigenvalue weighted by atomic mass is 10.0. The minimum absolute atomic E-state index is 0.0489. The van der Waals surface area contributed by atoms with Crippen LogP contribution in [0.15, 0.2) is 45.8 Å². The highest BCUT2D eigenvalue weighted by atomic mass is 79.9. The fourth-order valence-corrected chi connectivity index (χ4v) is 3.98. The van der Waals surface area contributed by atoms with Gasteiger partial charge in [-0.05, 0) is 48.2 Å². The topological polar surface area (TPSA) is 66.4 Å². The van der Waals surface area contributed by atoms with Crippen molar-refractivity contribution in [2.45, 2.75) is 31.6 Å². The van der Waals surface area contributed by atoms with Crippen LogP contribution < -0.4 is 4.72 Å². The molecule has 118 valence electrons. The molecule has 0 heterocycles. The molecule has 0 unspecified atom stereocenters. The van der Waals surface area contributed by atoms with Crippen LogP contribution in [0.2, 0.25) is 0 Å². The number of phenols is 1. The molecule has 2 aromatic rings. The predicted molar refractivity (Wildman–Crippen MR) is 91.9 cm³/mol. The number of aryl methyl sites for hydroxylation is 1. The van der Waals surface area contributed by atoms with Gasteiger partial charge in [0.2, 0.25) is 0 Å². The lowest BCUT2D eigenvalue weighted by Crippen LogP contribution is -2.16. The maximum atomic E-state index is 12.7. The Morgan fingerprint density at radius 3 is 2.41 bits per heavy atom. The highest BCUT2D eigenvalue weighted by molar-refractivity contribution is 9.10. The largest absolute Gasteiger partial charge is 0.506 e. The molecule has 4 nitrogen and oxygen atoms in total. The van der Waals surface area contributed by atoms with Crippen LogP contribution in [-0.4, -0.2) is 13.5 Å². The summed E-state index contributed by atoms with van der Waals surface area (Å²) >= 11 is 3.44. The van der Waals surface area contributed by atoms with E-state index in [4.69, 9.17) is 0 Å². The molecule has 0 saturated carbocycles. The molecular formula is C16H18BrNO3S. The first-order valence-corrected chi connectivity index (χ1v) is 9.11. The summed E-state index contributed by atoms with van der Waals surface area (Å²) < 4.78 is 28.7. The van der Waals surface area contributed by atoms with Crippen molar-refractivity contribution < 1.29 is 13.5 Å². The Kier molecular flexibility index (Phi) is 4.82. The maximum Gasteiger partial charge on any atom is 0.262 e. The summed E-state index contributed by atoms with van der Waals surface area (Å²) in [6, 6.07) is 9.73. The molecule has 0 amide bonds. The molecule has 0 saturated heterocycles. The van der Waals surface area contributed by atoms with Gasteiger partial charge in [0.15, 0.2) is 0 Å². The Bertz CT molecular complexity index is 801. The molecule has 0 radical (unpaired) electrons. The molecule has 0 aliphatic carbocycles. The lowest BCUT2D eigenvalue weighted by molar-refractivity contribution is 0.477. The molecule has 22 heavy (non-hydrogen) atoms. The van der Waals surface area contributed by atoms with Crippen molar-refractivity contribution in [3.8, 4) is 5.75 Å². The van der Waals surface area contributed by atoms with Gasteiger partial charge in [-0.2, -0.15) is 0 Å². The summed E-state index contributed by atoms with van der Waals surface area (Å²) in [5, 5.41) is 9.76. The van der Waals surface area contributed by atoms with Crippen LogP contribution >= 0.6 is 15.9 Å². The van der Waals surface area contributed by atoms with E-state index in [-0.39, 0.29) is 22.3 Å². The minimum Gasteiger partial charge on any atom is -0.506 e. The smallest absolute Gasteiger partial charge is 0.262 e. The normalized spacial score (nSPS) is 11.7. The van der Waals surface area contributed by atoms with E-state index in [1.807, 2.05) is 26.8 Å². The SMILES string of the molecule is Cc1cc(S(=O)(=O)Nc2ccccc2O)c(C(C)C)cc1Br. The Labute approximate surface area is 139 Å². The highest BCUT2D eigenvalue weighted by Gasteiger charge is 2.22. The number of anilines is 1. The van der Waals surface area contributed by atoms with Gasteiger partial charge in [-0.1, -0.05) is 41.9 Å². The fraction of sp³-hybridized carbons (Fsp3) is 0.250. The molecule has 2 aromatic carbocycles. The summed E-state index contributed by atoms with van der Waals surface area (Å²) in [5.41, 5.74) is 1.72. The predicted octanol–water partition coefficient (Wildman–Crippen LogP) is 4.39.